The first-order valence-corrected chi connectivity index (χ1v) is 8.41. The largest absolute Gasteiger partial charge is 0.390 e. The van der Waals surface area contributed by atoms with Crippen molar-refractivity contribution >= 4 is 10.0 Å². The van der Waals surface area contributed by atoms with Crippen LogP contribution in [0.25, 0.3) is 0 Å². The molecule has 1 aromatic heterocycles. The molecule has 1 unspecified atom stereocenters. The predicted molar refractivity (Wildman–Crippen MR) is 76.8 cm³/mol. The molecule has 7 heteroatoms. The standard InChI is InChI=1S/C13H23N3O3S/c1-11(8-16-5-3-4-6-16)14-20(18,19)13-7-12(10-17)15(2)9-13/h7,9,11,14,17H,3-6,8,10H2,1-2H3. The number of nitrogens with one attached hydrogen (secondary N) is 1. The minimum absolute atomic E-state index is 0.129. The number of hydrogen-bond acceptors (Lipinski definition) is 4. The molecule has 114 valence electrons. The highest BCUT2D eigenvalue weighted by Gasteiger charge is 2.22. The van der Waals surface area contributed by atoms with Gasteiger partial charge in [-0.3, -0.25) is 0 Å². The molecule has 6 nitrogen and oxygen atoms in total. The van der Waals surface area contributed by atoms with E-state index >= 15 is 0 Å². The van der Waals surface area contributed by atoms with Gasteiger partial charge < -0.3 is 14.6 Å². The lowest BCUT2D eigenvalue weighted by Crippen LogP contribution is -2.40. The molecular weight excluding hydrogens is 278 g/mol. The van der Waals surface area contributed by atoms with Crippen LogP contribution in [0.3, 0.4) is 0 Å². The maximum atomic E-state index is 12.3. The van der Waals surface area contributed by atoms with Gasteiger partial charge in [-0.2, -0.15) is 0 Å². The quantitative estimate of drug-likeness (QED) is 0.791. The van der Waals surface area contributed by atoms with Crippen molar-refractivity contribution in [2.75, 3.05) is 19.6 Å². The van der Waals surface area contributed by atoms with Gasteiger partial charge in [-0.15, -0.1) is 0 Å². The fourth-order valence-corrected chi connectivity index (χ4v) is 3.93. The van der Waals surface area contributed by atoms with Gasteiger partial charge in [0.2, 0.25) is 10.0 Å². The van der Waals surface area contributed by atoms with Gasteiger partial charge >= 0.3 is 0 Å². The summed E-state index contributed by atoms with van der Waals surface area (Å²) in [4.78, 5) is 2.48. The van der Waals surface area contributed by atoms with Gasteiger partial charge in [0.1, 0.15) is 0 Å². The van der Waals surface area contributed by atoms with E-state index in [0.717, 1.165) is 19.6 Å². The van der Waals surface area contributed by atoms with E-state index in [1.807, 2.05) is 6.92 Å². The topological polar surface area (TPSA) is 74.6 Å². The molecule has 1 atom stereocenters. The number of sulfonamides is 1. The molecule has 1 saturated heterocycles. The van der Waals surface area contributed by atoms with Gasteiger partial charge in [0.05, 0.1) is 11.5 Å². The Morgan fingerprint density at radius 1 is 1.40 bits per heavy atom. The fraction of sp³-hybridized carbons (Fsp3) is 0.692. The van der Waals surface area contributed by atoms with Crippen molar-refractivity contribution in [1.29, 1.82) is 0 Å². The van der Waals surface area contributed by atoms with Crippen LogP contribution < -0.4 is 4.72 Å². The number of aromatic nitrogens is 1. The summed E-state index contributed by atoms with van der Waals surface area (Å²) >= 11 is 0. The SMILES string of the molecule is CC(CN1CCCC1)NS(=O)(=O)c1cc(CO)n(C)c1. The first-order chi connectivity index (χ1) is 9.42. The highest BCUT2D eigenvalue weighted by atomic mass is 32.2. The van der Waals surface area contributed by atoms with E-state index in [-0.39, 0.29) is 17.5 Å². The van der Waals surface area contributed by atoms with Crippen LogP contribution in [0.2, 0.25) is 0 Å². The lowest BCUT2D eigenvalue weighted by molar-refractivity contribution is 0.272. The number of aliphatic hydroxyl groups is 1. The van der Waals surface area contributed by atoms with Crippen LogP contribution in [0.15, 0.2) is 17.2 Å². The Labute approximate surface area is 120 Å². The lowest BCUT2D eigenvalue weighted by Gasteiger charge is -2.20. The molecule has 1 aliphatic rings. The monoisotopic (exact) mass is 301 g/mol. The summed E-state index contributed by atoms with van der Waals surface area (Å²) in [6.07, 6.45) is 3.91. The zero-order chi connectivity index (χ0) is 14.8. The van der Waals surface area contributed by atoms with Crippen LogP contribution in [0.1, 0.15) is 25.5 Å². The second-order valence-electron chi connectivity index (χ2n) is 5.47. The second-order valence-corrected chi connectivity index (χ2v) is 7.18. The Morgan fingerprint density at radius 2 is 2.05 bits per heavy atom. The van der Waals surface area contributed by atoms with E-state index in [1.54, 1.807) is 11.6 Å². The Kier molecular flexibility index (Phi) is 4.85. The predicted octanol–water partition coefficient (Wildman–Crippen LogP) is 0.280. The summed E-state index contributed by atoms with van der Waals surface area (Å²) in [5.41, 5.74) is 0.581. The van der Waals surface area contributed by atoms with Crippen molar-refractivity contribution in [3.63, 3.8) is 0 Å². The van der Waals surface area contributed by atoms with Crippen molar-refractivity contribution in [3.8, 4) is 0 Å². The Bertz CT molecular complexity index is 547. The van der Waals surface area contributed by atoms with Crippen molar-refractivity contribution in [2.24, 2.45) is 7.05 Å². The van der Waals surface area contributed by atoms with Gasteiger partial charge in [-0.05, 0) is 38.9 Å². The molecular formula is C13H23N3O3S. The van der Waals surface area contributed by atoms with Crippen molar-refractivity contribution in [3.05, 3.63) is 18.0 Å². The molecule has 0 spiro atoms. The summed E-state index contributed by atoms with van der Waals surface area (Å²) in [6.45, 7) is 4.54. The minimum atomic E-state index is -3.52. The molecule has 1 aromatic rings. The number of nitrogens with zero attached hydrogens (tertiary/aromatic N) is 2. The van der Waals surface area contributed by atoms with Crippen LogP contribution >= 0.6 is 0 Å². The first kappa shape index (κ1) is 15.5. The van der Waals surface area contributed by atoms with E-state index in [4.69, 9.17) is 5.11 Å². The molecule has 1 aliphatic heterocycles. The first-order valence-electron chi connectivity index (χ1n) is 6.93. The highest BCUT2D eigenvalue weighted by molar-refractivity contribution is 7.89. The van der Waals surface area contributed by atoms with E-state index < -0.39 is 10.0 Å². The molecule has 1 fully saturated rings. The van der Waals surface area contributed by atoms with E-state index in [0.29, 0.717) is 5.69 Å². The van der Waals surface area contributed by atoms with Crippen molar-refractivity contribution in [2.45, 2.75) is 37.3 Å². The van der Waals surface area contributed by atoms with Gasteiger partial charge in [0, 0.05) is 31.5 Å². The molecule has 2 heterocycles. The second kappa shape index (κ2) is 6.26. The van der Waals surface area contributed by atoms with Crippen molar-refractivity contribution < 1.29 is 13.5 Å². The third kappa shape index (κ3) is 3.60. The van der Waals surface area contributed by atoms with E-state index in [1.165, 1.54) is 25.1 Å². The molecule has 2 N–H and O–H groups in total. The molecule has 0 bridgehead atoms. The van der Waals surface area contributed by atoms with E-state index in [2.05, 4.69) is 9.62 Å². The Balaban J connectivity index is 2.01. The van der Waals surface area contributed by atoms with Crippen LogP contribution in [0.5, 0.6) is 0 Å². The average molecular weight is 301 g/mol. The molecule has 0 saturated carbocycles. The zero-order valence-electron chi connectivity index (χ0n) is 12.0. The molecule has 20 heavy (non-hydrogen) atoms. The van der Waals surface area contributed by atoms with Crippen LogP contribution in [-0.2, 0) is 23.7 Å². The summed E-state index contributed by atoms with van der Waals surface area (Å²) in [5, 5.41) is 9.13. The fourth-order valence-electron chi connectivity index (χ4n) is 2.60. The molecule has 0 radical (unpaired) electrons. The number of aliphatic hydroxyl groups excluding tert-OH is 1. The van der Waals surface area contributed by atoms with Crippen LogP contribution in [-0.4, -0.2) is 48.7 Å². The smallest absolute Gasteiger partial charge is 0.242 e. The summed E-state index contributed by atoms with van der Waals surface area (Å²) in [6, 6.07) is 1.38. The normalized spacial score (nSPS) is 18.6. The van der Waals surface area contributed by atoms with Crippen LogP contribution in [0, 0.1) is 0 Å². The third-order valence-electron chi connectivity index (χ3n) is 3.64. The molecule has 0 aliphatic carbocycles. The summed E-state index contributed by atoms with van der Waals surface area (Å²) < 4.78 is 28.9. The molecule has 2 rings (SSSR count). The number of rotatable bonds is 6. The minimum Gasteiger partial charge on any atom is -0.390 e. The maximum absolute atomic E-state index is 12.3. The maximum Gasteiger partial charge on any atom is 0.242 e. The number of likely N-dealkylation sites (tertiary alicyclic amines) is 1. The lowest BCUT2D eigenvalue weighted by atomic mass is 10.3. The molecule has 0 amide bonds. The van der Waals surface area contributed by atoms with Gasteiger partial charge in [-0.25, -0.2) is 13.1 Å². The number of aryl methyl sites for hydroxylation is 1. The zero-order valence-corrected chi connectivity index (χ0v) is 12.9. The van der Waals surface area contributed by atoms with E-state index in [9.17, 15) is 8.42 Å². The van der Waals surface area contributed by atoms with Gasteiger partial charge in [-0.1, -0.05) is 0 Å². The van der Waals surface area contributed by atoms with Gasteiger partial charge in [0.15, 0.2) is 0 Å². The number of hydrogen-bond donors (Lipinski definition) is 2. The summed E-state index contributed by atoms with van der Waals surface area (Å²) in [7, 11) is -1.80. The third-order valence-corrected chi connectivity index (χ3v) is 5.20. The Hall–Kier alpha value is -0.890. The van der Waals surface area contributed by atoms with Crippen LogP contribution in [0.4, 0.5) is 0 Å². The summed E-state index contributed by atoms with van der Waals surface area (Å²) in [5.74, 6) is 0. The highest BCUT2D eigenvalue weighted by Crippen LogP contribution is 2.14. The average Bonchev–Trinajstić information content (AvgIpc) is 2.97. The van der Waals surface area contributed by atoms with Crippen molar-refractivity contribution in [1.82, 2.24) is 14.2 Å². The van der Waals surface area contributed by atoms with Gasteiger partial charge in [0.25, 0.3) is 0 Å². The molecule has 0 aromatic carbocycles. The Morgan fingerprint density at radius 3 is 2.60 bits per heavy atom.